The van der Waals surface area contributed by atoms with Crippen LogP contribution in [0.1, 0.15) is 63.8 Å². The van der Waals surface area contributed by atoms with Crippen LogP contribution in [-0.4, -0.2) is 76.2 Å². The van der Waals surface area contributed by atoms with E-state index in [2.05, 4.69) is 17.6 Å². The van der Waals surface area contributed by atoms with Crippen LogP contribution < -0.4 is 16.4 Å². The Morgan fingerprint density at radius 1 is 1.09 bits per heavy atom. The molecule has 0 aromatic heterocycles. The van der Waals surface area contributed by atoms with Crippen molar-refractivity contribution >= 4 is 35.5 Å². The maximum Gasteiger partial charge on any atom is 0.246 e. The van der Waals surface area contributed by atoms with Gasteiger partial charge in [0.1, 0.15) is 22.8 Å². The van der Waals surface area contributed by atoms with Crippen molar-refractivity contribution in [2.24, 2.45) is 16.6 Å². The summed E-state index contributed by atoms with van der Waals surface area (Å²) in [6, 6.07) is 18.4. The number of rotatable bonds is 12. The zero-order valence-corrected chi connectivity index (χ0v) is 27.2. The Bertz CT molecular complexity index is 1310. The van der Waals surface area contributed by atoms with E-state index in [-0.39, 0.29) is 19.1 Å². The number of carbonyl (C=O) groups excluding carboxylic acids is 3. The molecule has 1 saturated heterocycles. The lowest BCUT2D eigenvalue weighted by molar-refractivity contribution is -0.133. The van der Waals surface area contributed by atoms with Crippen LogP contribution >= 0.6 is 11.9 Å². The molecule has 0 radical (unpaired) electrons. The number of amidine groups is 1. The molecule has 0 spiro atoms. The van der Waals surface area contributed by atoms with E-state index < -0.39 is 34.3 Å². The second-order valence-electron chi connectivity index (χ2n) is 12.6. The number of nitrogens with zero attached hydrogens (tertiary/aromatic N) is 3. The summed E-state index contributed by atoms with van der Waals surface area (Å²) in [5.41, 5.74) is 5.72. The predicted molar refractivity (Wildman–Crippen MR) is 174 cm³/mol. The molecule has 2 aliphatic heterocycles. The number of hydrogen-bond acceptors (Lipinski definition) is 8. The molecular formula is C33H46N6O4S. The lowest BCUT2D eigenvalue weighted by Crippen LogP contribution is -2.60. The maximum atomic E-state index is 13.8. The smallest absolute Gasteiger partial charge is 0.246 e. The Morgan fingerprint density at radius 2 is 1.70 bits per heavy atom. The van der Waals surface area contributed by atoms with Crippen LogP contribution in [0.4, 0.5) is 0 Å². The van der Waals surface area contributed by atoms with Gasteiger partial charge in [0.05, 0.1) is 25.3 Å². The topological polar surface area (TPSA) is 129 Å². The van der Waals surface area contributed by atoms with Gasteiger partial charge in [-0.15, -0.1) is 0 Å². The SMILES string of the molecule is CC1=NC(C)(NC(=O)[C@@H](COCc2ccccc2)NC(=O)C(C)(C)N)CN1SC(C(=O)N1CCC(C)CC1)c1ccccc1. The molecule has 0 saturated carbocycles. The number of hydrogen-bond donors (Lipinski definition) is 3. The highest BCUT2D eigenvalue weighted by molar-refractivity contribution is 7.98. The van der Waals surface area contributed by atoms with Gasteiger partial charge in [-0.1, -0.05) is 67.6 Å². The van der Waals surface area contributed by atoms with Crippen molar-refractivity contribution in [2.45, 2.75) is 76.6 Å². The average molecular weight is 623 g/mol. The van der Waals surface area contributed by atoms with Gasteiger partial charge in [-0.25, -0.2) is 4.99 Å². The largest absolute Gasteiger partial charge is 0.374 e. The Hall–Kier alpha value is -3.41. The average Bonchev–Trinajstić information content (AvgIpc) is 3.27. The van der Waals surface area contributed by atoms with Crippen molar-refractivity contribution in [3.05, 3.63) is 71.8 Å². The van der Waals surface area contributed by atoms with Gasteiger partial charge >= 0.3 is 0 Å². The van der Waals surface area contributed by atoms with Gasteiger partial charge in [0, 0.05) is 13.1 Å². The first-order chi connectivity index (χ1) is 20.8. The van der Waals surface area contributed by atoms with Crippen LogP contribution in [0.2, 0.25) is 0 Å². The summed E-state index contributed by atoms with van der Waals surface area (Å²) in [7, 11) is 0. The monoisotopic (exact) mass is 622 g/mol. The van der Waals surface area contributed by atoms with Gasteiger partial charge in [0.25, 0.3) is 0 Å². The van der Waals surface area contributed by atoms with Crippen LogP contribution in [0.15, 0.2) is 65.7 Å². The van der Waals surface area contributed by atoms with Gasteiger partial charge in [0.15, 0.2) is 0 Å². The van der Waals surface area contributed by atoms with E-state index in [0.717, 1.165) is 37.1 Å². The molecule has 2 unspecified atom stereocenters. The molecule has 4 rings (SSSR count). The summed E-state index contributed by atoms with van der Waals surface area (Å²) < 4.78 is 7.82. The molecule has 3 amide bonds. The van der Waals surface area contributed by atoms with E-state index in [1.807, 2.05) is 83.7 Å². The molecule has 44 heavy (non-hydrogen) atoms. The Balaban J connectivity index is 1.45. The summed E-state index contributed by atoms with van der Waals surface area (Å²) in [5, 5.41) is 5.32. The van der Waals surface area contributed by atoms with Crippen molar-refractivity contribution in [2.75, 3.05) is 26.2 Å². The molecule has 0 aliphatic carbocycles. The zero-order valence-electron chi connectivity index (χ0n) is 26.4. The number of piperidine rings is 1. The number of nitrogens with one attached hydrogen (secondary N) is 2. The van der Waals surface area contributed by atoms with Crippen LogP contribution in [-0.2, 0) is 25.7 Å². The fourth-order valence-corrected chi connectivity index (χ4v) is 6.46. The minimum atomic E-state index is -1.18. The molecule has 2 aromatic carbocycles. The van der Waals surface area contributed by atoms with Crippen LogP contribution in [0, 0.1) is 5.92 Å². The zero-order chi connectivity index (χ0) is 31.9. The van der Waals surface area contributed by atoms with Gasteiger partial charge in [-0.05, 0) is 69.5 Å². The summed E-state index contributed by atoms with van der Waals surface area (Å²) in [5.74, 6) is 0.502. The van der Waals surface area contributed by atoms with E-state index in [1.54, 1.807) is 13.8 Å². The van der Waals surface area contributed by atoms with Gasteiger partial charge in [-0.3, -0.25) is 18.7 Å². The van der Waals surface area contributed by atoms with Crippen LogP contribution in [0.3, 0.4) is 0 Å². The standard InChI is InChI=1S/C33H46N6O4S/c1-23-16-18-38(19-17-23)30(41)28(26-14-10-7-11-15-26)44-39-22-33(5,36-24(39)2)37-29(40)27(35-31(42)32(3,4)34)21-43-20-25-12-8-6-9-13-25/h6-15,23,27-28H,16-22,34H2,1-5H3,(H,35,42)(H,37,40)/t27-,28?,33?/m1/s1. The fraction of sp³-hybridized carbons (Fsp3) is 0.515. The first-order valence-corrected chi connectivity index (χ1v) is 16.1. The molecule has 10 nitrogen and oxygen atoms in total. The van der Waals surface area contributed by atoms with Gasteiger partial charge in [-0.2, -0.15) is 0 Å². The Kier molecular flexibility index (Phi) is 11.1. The van der Waals surface area contributed by atoms with Crippen molar-refractivity contribution in [1.82, 2.24) is 19.8 Å². The van der Waals surface area contributed by atoms with Crippen LogP contribution in [0.25, 0.3) is 0 Å². The van der Waals surface area contributed by atoms with Crippen molar-refractivity contribution in [3.63, 3.8) is 0 Å². The number of benzene rings is 2. The number of likely N-dealkylation sites (tertiary alicyclic amines) is 1. The molecule has 1 fully saturated rings. The quantitative estimate of drug-likeness (QED) is 0.308. The van der Waals surface area contributed by atoms with E-state index in [0.29, 0.717) is 18.3 Å². The molecule has 2 aliphatic rings. The molecule has 2 heterocycles. The lowest BCUT2D eigenvalue weighted by atomic mass is 9.98. The Morgan fingerprint density at radius 3 is 2.32 bits per heavy atom. The van der Waals surface area contributed by atoms with E-state index in [9.17, 15) is 14.4 Å². The molecule has 0 bridgehead atoms. The third-order valence-corrected chi connectivity index (χ3v) is 9.20. The normalized spacial score (nSPS) is 20.5. The lowest BCUT2D eigenvalue weighted by Gasteiger charge is -2.34. The van der Waals surface area contributed by atoms with E-state index in [4.69, 9.17) is 15.5 Å². The van der Waals surface area contributed by atoms with Crippen LogP contribution in [0.5, 0.6) is 0 Å². The van der Waals surface area contributed by atoms with Crippen molar-refractivity contribution in [3.8, 4) is 0 Å². The maximum absolute atomic E-state index is 13.8. The number of carbonyl (C=O) groups is 3. The summed E-state index contributed by atoms with van der Waals surface area (Å²) in [6.07, 6.45) is 2.00. The third kappa shape index (κ3) is 9.06. The van der Waals surface area contributed by atoms with Gasteiger partial charge < -0.3 is 26.0 Å². The fourth-order valence-electron chi connectivity index (χ4n) is 5.17. The third-order valence-electron chi connectivity index (χ3n) is 7.87. The minimum Gasteiger partial charge on any atom is -0.374 e. The number of ether oxygens (including phenoxy) is 1. The van der Waals surface area contributed by atoms with E-state index in [1.165, 1.54) is 11.9 Å². The molecule has 3 atom stereocenters. The number of amides is 3. The highest BCUT2D eigenvalue weighted by atomic mass is 32.2. The highest BCUT2D eigenvalue weighted by Crippen LogP contribution is 2.38. The Labute approximate surface area is 265 Å². The number of nitrogens with two attached hydrogens (primary N) is 1. The summed E-state index contributed by atoms with van der Waals surface area (Å²) in [4.78, 5) is 46.9. The predicted octanol–water partition coefficient (Wildman–Crippen LogP) is 3.64. The molecule has 2 aromatic rings. The minimum absolute atomic E-state index is 0.0428. The van der Waals surface area contributed by atoms with E-state index >= 15 is 0 Å². The summed E-state index contributed by atoms with van der Waals surface area (Å²) >= 11 is 1.43. The van der Waals surface area contributed by atoms with Crippen molar-refractivity contribution < 1.29 is 19.1 Å². The first-order valence-electron chi connectivity index (χ1n) is 15.2. The summed E-state index contributed by atoms with van der Waals surface area (Å²) in [6.45, 7) is 11.2. The second kappa shape index (κ2) is 14.6. The molecule has 11 heteroatoms. The number of aliphatic imine (C=N–C) groups is 1. The highest BCUT2D eigenvalue weighted by Gasteiger charge is 2.40. The van der Waals surface area contributed by atoms with Gasteiger partial charge in [0.2, 0.25) is 17.7 Å². The second-order valence-corrected chi connectivity index (χ2v) is 13.7. The van der Waals surface area contributed by atoms with Crippen molar-refractivity contribution in [1.29, 1.82) is 0 Å². The molecule has 4 N–H and O–H groups in total. The first kappa shape index (κ1) is 33.5. The molecule has 238 valence electrons. The molecular weight excluding hydrogens is 576 g/mol.